The zero-order valence-electron chi connectivity index (χ0n) is 11.5. The average Bonchev–Trinajstić information content (AvgIpc) is 2.89. The van der Waals surface area contributed by atoms with E-state index < -0.39 is 0 Å². The summed E-state index contributed by atoms with van der Waals surface area (Å²) in [5.74, 6) is 0.620. The fourth-order valence-electron chi connectivity index (χ4n) is 2.80. The van der Waals surface area contributed by atoms with E-state index in [4.69, 9.17) is 4.42 Å². The van der Waals surface area contributed by atoms with Gasteiger partial charge in [-0.15, -0.1) is 0 Å². The Kier molecular flexibility index (Phi) is 2.89. The molecular formula is C15H16N4O2. The first-order valence-corrected chi connectivity index (χ1v) is 7.13. The minimum absolute atomic E-state index is 0.365. The topological polar surface area (TPSA) is 82.7 Å². The first-order chi connectivity index (χ1) is 10.3. The number of aromatic nitrogens is 1. The summed E-state index contributed by atoms with van der Waals surface area (Å²) in [5, 5.41) is 16.3. The predicted octanol–water partition coefficient (Wildman–Crippen LogP) is 2.00. The fourth-order valence-corrected chi connectivity index (χ4v) is 2.80. The summed E-state index contributed by atoms with van der Waals surface area (Å²) in [6.45, 7) is 0.520. The van der Waals surface area contributed by atoms with Crippen LogP contribution in [0.1, 0.15) is 19.3 Å². The van der Waals surface area contributed by atoms with Crippen LogP contribution in [0.5, 0.6) is 0 Å². The van der Waals surface area contributed by atoms with E-state index in [-0.39, 0.29) is 6.10 Å². The molecule has 21 heavy (non-hydrogen) atoms. The van der Waals surface area contributed by atoms with E-state index >= 15 is 0 Å². The molecule has 1 aliphatic carbocycles. The molecular weight excluding hydrogens is 268 g/mol. The second kappa shape index (κ2) is 4.89. The molecule has 2 aliphatic rings. The van der Waals surface area contributed by atoms with Gasteiger partial charge in [-0.2, -0.15) is 4.98 Å². The average molecular weight is 284 g/mol. The molecule has 0 spiro atoms. The van der Waals surface area contributed by atoms with Gasteiger partial charge in [-0.1, -0.05) is 12.1 Å². The quantitative estimate of drug-likeness (QED) is 0.746. The number of para-hydroxylation sites is 2. The lowest BCUT2D eigenvalue weighted by Gasteiger charge is -2.28. The Hall–Kier alpha value is -2.34. The van der Waals surface area contributed by atoms with Crippen LogP contribution in [0.2, 0.25) is 0 Å². The third kappa shape index (κ3) is 2.27. The van der Waals surface area contributed by atoms with Crippen molar-refractivity contribution in [1.29, 1.82) is 0 Å². The van der Waals surface area contributed by atoms with Crippen LogP contribution in [0.15, 0.2) is 44.9 Å². The molecule has 4 rings (SSSR count). The summed E-state index contributed by atoms with van der Waals surface area (Å²) in [7, 11) is 0. The van der Waals surface area contributed by atoms with Gasteiger partial charge in [0.15, 0.2) is 5.58 Å². The smallest absolute Gasteiger partial charge is 0.302 e. The molecule has 1 unspecified atom stereocenters. The number of fused-ring (bicyclic) bond motifs is 1. The molecule has 0 amide bonds. The van der Waals surface area contributed by atoms with E-state index in [1.165, 1.54) is 0 Å². The van der Waals surface area contributed by atoms with Gasteiger partial charge in [0.25, 0.3) is 0 Å². The summed E-state index contributed by atoms with van der Waals surface area (Å²) in [6.07, 6.45) is 2.39. The summed E-state index contributed by atoms with van der Waals surface area (Å²) in [6, 6.07) is 8.03. The molecule has 6 nitrogen and oxygen atoms in total. The van der Waals surface area contributed by atoms with Gasteiger partial charge in [0.1, 0.15) is 5.52 Å². The van der Waals surface area contributed by atoms with Gasteiger partial charge in [-0.25, -0.2) is 4.99 Å². The van der Waals surface area contributed by atoms with E-state index in [0.717, 1.165) is 41.6 Å². The number of anilines is 1. The largest absolute Gasteiger partial charge is 0.423 e. The van der Waals surface area contributed by atoms with Crippen molar-refractivity contribution in [1.82, 2.24) is 10.3 Å². The standard InChI is InChI=1S/C15H16N4O2/c20-12-6-3-5-10-9(12)8-16-14(17-10)19-15-18-11-4-1-2-7-13(11)21-15/h1-2,4,7,12,20H,3,5-6,8H2,(H2,16,17,18,19). The highest BCUT2D eigenvalue weighted by molar-refractivity contribution is 5.94. The minimum Gasteiger partial charge on any atom is -0.423 e. The Labute approximate surface area is 121 Å². The van der Waals surface area contributed by atoms with Crippen LogP contribution in [0.4, 0.5) is 6.01 Å². The third-order valence-electron chi connectivity index (χ3n) is 3.89. The maximum atomic E-state index is 9.96. The van der Waals surface area contributed by atoms with Crippen molar-refractivity contribution in [2.24, 2.45) is 4.99 Å². The van der Waals surface area contributed by atoms with Crippen LogP contribution < -0.4 is 10.6 Å². The van der Waals surface area contributed by atoms with Gasteiger partial charge < -0.3 is 14.8 Å². The van der Waals surface area contributed by atoms with Gasteiger partial charge in [-0.3, -0.25) is 5.32 Å². The number of aliphatic hydroxyl groups excluding tert-OH is 1. The Morgan fingerprint density at radius 1 is 1.33 bits per heavy atom. The van der Waals surface area contributed by atoms with Gasteiger partial charge in [0.2, 0.25) is 5.96 Å². The minimum atomic E-state index is -0.365. The molecule has 1 aromatic heterocycles. The van der Waals surface area contributed by atoms with Crippen molar-refractivity contribution >= 4 is 23.1 Å². The lowest BCUT2D eigenvalue weighted by molar-refractivity contribution is 0.185. The first-order valence-electron chi connectivity index (χ1n) is 7.13. The molecule has 0 saturated heterocycles. The lowest BCUT2D eigenvalue weighted by Crippen LogP contribution is -2.38. The molecule has 2 aromatic rings. The predicted molar refractivity (Wildman–Crippen MR) is 80.0 cm³/mol. The van der Waals surface area contributed by atoms with Crippen molar-refractivity contribution in [2.75, 3.05) is 11.9 Å². The third-order valence-corrected chi connectivity index (χ3v) is 3.89. The highest BCUT2D eigenvalue weighted by Gasteiger charge is 2.25. The van der Waals surface area contributed by atoms with Crippen LogP contribution in [0.3, 0.4) is 0 Å². The Morgan fingerprint density at radius 2 is 2.24 bits per heavy atom. The molecule has 3 N–H and O–H groups in total. The zero-order chi connectivity index (χ0) is 14.2. The number of guanidine groups is 1. The van der Waals surface area contributed by atoms with E-state index in [1.54, 1.807) is 0 Å². The van der Waals surface area contributed by atoms with Gasteiger partial charge in [-0.05, 0) is 37.0 Å². The molecule has 0 fully saturated rings. The van der Waals surface area contributed by atoms with Crippen molar-refractivity contribution in [3.05, 3.63) is 35.5 Å². The Bertz CT molecular complexity index is 714. The van der Waals surface area contributed by atoms with E-state index in [2.05, 4.69) is 20.6 Å². The van der Waals surface area contributed by atoms with Crippen LogP contribution in [-0.4, -0.2) is 28.7 Å². The maximum absolute atomic E-state index is 9.96. The SMILES string of the molecule is OC1CCCC2=C1CN=C(Nc1nc3ccccc3o1)N2. The van der Waals surface area contributed by atoms with Crippen LogP contribution in [-0.2, 0) is 0 Å². The van der Waals surface area contributed by atoms with Gasteiger partial charge >= 0.3 is 6.01 Å². The number of aliphatic hydroxyl groups is 1. The maximum Gasteiger partial charge on any atom is 0.302 e. The molecule has 0 saturated carbocycles. The van der Waals surface area contributed by atoms with E-state index in [0.29, 0.717) is 18.5 Å². The first kappa shape index (κ1) is 12.4. The normalized spacial score (nSPS) is 21.8. The monoisotopic (exact) mass is 284 g/mol. The summed E-state index contributed by atoms with van der Waals surface area (Å²) < 4.78 is 5.62. The number of rotatable bonds is 1. The molecule has 6 heteroatoms. The number of benzene rings is 1. The number of hydrogen-bond acceptors (Lipinski definition) is 6. The van der Waals surface area contributed by atoms with Crippen LogP contribution in [0.25, 0.3) is 11.1 Å². The van der Waals surface area contributed by atoms with Crippen LogP contribution >= 0.6 is 0 Å². The molecule has 0 radical (unpaired) electrons. The highest BCUT2D eigenvalue weighted by Crippen LogP contribution is 2.26. The van der Waals surface area contributed by atoms with E-state index in [1.807, 2.05) is 24.3 Å². The lowest BCUT2D eigenvalue weighted by atomic mass is 9.93. The number of oxazole rings is 1. The molecule has 108 valence electrons. The molecule has 1 aromatic carbocycles. The number of hydrogen-bond donors (Lipinski definition) is 3. The molecule has 1 atom stereocenters. The van der Waals surface area contributed by atoms with Gasteiger partial charge in [0, 0.05) is 5.70 Å². The van der Waals surface area contributed by atoms with Gasteiger partial charge in [0.05, 0.1) is 12.6 Å². The molecule has 2 heterocycles. The number of nitrogens with one attached hydrogen (secondary N) is 2. The van der Waals surface area contributed by atoms with Crippen LogP contribution in [0, 0.1) is 0 Å². The molecule has 1 aliphatic heterocycles. The van der Waals surface area contributed by atoms with Crippen molar-refractivity contribution in [2.45, 2.75) is 25.4 Å². The zero-order valence-corrected chi connectivity index (χ0v) is 11.5. The second-order valence-corrected chi connectivity index (χ2v) is 5.31. The number of allylic oxidation sites excluding steroid dienone is 1. The summed E-state index contributed by atoms with van der Waals surface area (Å²) >= 11 is 0. The van der Waals surface area contributed by atoms with E-state index in [9.17, 15) is 5.11 Å². The summed E-state index contributed by atoms with van der Waals surface area (Å²) in [5.41, 5.74) is 3.63. The van der Waals surface area contributed by atoms with Crippen molar-refractivity contribution in [3.63, 3.8) is 0 Å². The summed E-state index contributed by atoms with van der Waals surface area (Å²) in [4.78, 5) is 8.77. The Balaban J connectivity index is 1.53. The highest BCUT2D eigenvalue weighted by atomic mass is 16.4. The van der Waals surface area contributed by atoms with Crippen molar-refractivity contribution in [3.8, 4) is 0 Å². The number of aliphatic imine (C=N–C) groups is 1. The fraction of sp³-hybridized carbons (Fsp3) is 0.333. The van der Waals surface area contributed by atoms with Crippen molar-refractivity contribution < 1.29 is 9.52 Å². The Morgan fingerprint density at radius 3 is 3.14 bits per heavy atom. The number of nitrogens with zero attached hydrogens (tertiary/aromatic N) is 2. The second-order valence-electron chi connectivity index (χ2n) is 5.31. The molecule has 0 bridgehead atoms.